The first-order chi connectivity index (χ1) is 8.20. The number of carbonyl (C=O) groups excluding carboxylic acids is 1. The second-order valence-electron chi connectivity index (χ2n) is 3.84. The van der Waals surface area contributed by atoms with Crippen LogP contribution in [-0.4, -0.2) is 63.3 Å². The van der Waals surface area contributed by atoms with E-state index in [9.17, 15) is 4.79 Å². The van der Waals surface area contributed by atoms with Crippen LogP contribution >= 0.6 is 0 Å². The minimum atomic E-state index is -0.280. The van der Waals surface area contributed by atoms with E-state index in [4.69, 9.17) is 15.6 Å². The van der Waals surface area contributed by atoms with Crippen LogP contribution in [-0.2, 0) is 16.1 Å². The summed E-state index contributed by atoms with van der Waals surface area (Å²) in [6.45, 7) is 1.30. The number of nitrogen functional groups attached to an aromatic ring is 1. The van der Waals surface area contributed by atoms with Gasteiger partial charge >= 0.3 is 0 Å². The Morgan fingerprint density at radius 1 is 1.71 bits per heavy atom. The fourth-order valence-corrected chi connectivity index (χ4v) is 1.75. The zero-order chi connectivity index (χ0) is 12.3. The van der Waals surface area contributed by atoms with E-state index in [1.165, 1.54) is 10.9 Å². The second kappa shape index (κ2) is 5.11. The van der Waals surface area contributed by atoms with Gasteiger partial charge in [0.05, 0.1) is 32.1 Å². The molecule has 1 aromatic rings. The largest absolute Gasteiger partial charge is 0.394 e. The lowest BCUT2D eigenvalue weighted by atomic mass is 10.2. The molecule has 1 atom stereocenters. The molecule has 0 spiro atoms. The van der Waals surface area contributed by atoms with Crippen molar-refractivity contribution in [3.63, 3.8) is 0 Å². The van der Waals surface area contributed by atoms with Crippen LogP contribution in [0.3, 0.4) is 0 Å². The molecular weight excluding hydrogens is 226 g/mol. The van der Waals surface area contributed by atoms with Gasteiger partial charge in [-0.1, -0.05) is 5.21 Å². The minimum absolute atomic E-state index is 0.0701. The number of anilines is 1. The van der Waals surface area contributed by atoms with Crippen LogP contribution in [0.2, 0.25) is 0 Å². The van der Waals surface area contributed by atoms with Crippen molar-refractivity contribution in [1.29, 1.82) is 0 Å². The van der Waals surface area contributed by atoms with Crippen molar-refractivity contribution >= 4 is 11.7 Å². The van der Waals surface area contributed by atoms with E-state index in [0.717, 1.165) is 0 Å². The Labute approximate surface area is 97.9 Å². The molecule has 1 aliphatic heterocycles. The topological polar surface area (TPSA) is 106 Å². The molecule has 1 aliphatic rings. The van der Waals surface area contributed by atoms with E-state index >= 15 is 0 Å². The lowest BCUT2D eigenvalue weighted by Gasteiger charge is -2.34. The van der Waals surface area contributed by atoms with E-state index in [-0.39, 0.29) is 30.9 Å². The third-order valence-corrected chi connectivity index (χ3v) is 2.61. The smallest absolute Gasteiger partial charge is 0.244 e. The molecule has 0 aliphatic carbocycles. The number of ether oxygens (including phenoxy) is 1. The van der Waals surface area contributed by atoms with Gasteiger partial charge in [-0.3, -0.25) is 4.79 Å². The number of aliphatic hydroxyl groups is 1. The van der Waals surface area contributed by atoms with Crippen molar-refractivity contribution in [3.8, 4) is 0 Å². The fourth-order valence-electron chi connectivity index (χ4n) is 1.75. The molecule has 1 saturated heterocycles. The highest BCUT2D eigenvalue weighted by atomic mass is 16.5. The minimum Gasteiger partial charge on any atom is -0.394 e. The first kappa shape index (κ1) is 11.8. The molecule has 0 radical (unpaired) electrons. The average Bonchev–Trinajstić information content (AvgIpc) is 2.74. The summed E-state index contributed by atoms with van der Waals surface area (Å²) in [4.78, 5) is 13.6. The number of carbonyl (C=O) groups is 1. The lowest BCUT2D eigenvalue weighted by molar-refractivity contribution is -0.142. The highest BCUT2D eigenvalue weighted by molar-refractivity contribution is 5.76. The molecular formula is C9H15N5O3. The number of amides is 1. The van der Waals surface area contributed by atoms with Gasteiger partial charge in [0.15, 0.2) is 5.82 Å². The predicted molar refractivity (Wildman–Crippen MR) is 57.8 cm³/mol. The van der Waals surface area contributed by atoms with Gasteiger partial charge in [-0.15, -0.1) is 5.10 Å². The number of nitrogens with zero attached hydrogens (tertiary/aromatic N) is 4. The first-order valence-electron chi connectivity index (χ1n) is 5.34. The van der Waals surface area contributed by atoms with Gasteiger partial charge in [-0.25, -0.2) is 4.68 Å². The molecule has 3 N–H and O–H groups in total. The number of rotatable bonds is 3. The normalized spacial score (nSPS) is 20.5. The van der Waals surface area contributed by atoms with Gasteiger partial charge in [0.25, 0.3) is 0 Å². The third kappa shape index (κ3) is 2.71. The Morgan fingerprint density at radius 2 is 2.53 bits per heavy atom. The second-order valence-corrected chi connectivity index (χ2v) is 3.84. The maximum Gasteiger partial charge on any atom is 0.244 e. The molecule has 8 nitrogen and oxygen atoms in total. The Morgan fingerprint density at radius 3 is 3.18 bits per heavy atom. The maximum absolute atomic E-state index is 12.0. The summed E-state index contributed by atoms with van der Waals surface area (Å²) in [6.07, 6.45) is 1.49. The first-order valence-corrected chi connectivity index (χ1v) is 5.34. The van der Waals surface area contributed by atoms with Crippen LogP contribution < -0.4 is 5.73 Å². The van der Waals surface area contributed by atoms with Gasteiger partial charge in [0, 0.05) is 6.54 Å². The highest BCUT2D eigenvalue weighted by Gasteiger charge is 2.26. The van der Waals surface area contributed by atoms with E-state index < -0.39 is 0 Å². The maximum atomic E-state index is 12.0. The third-order valence-electron chi connectivity index (χ3n) is 2.61. The summed E-state index contributed by atoms with van der Waals surface area (Å²) < 4.78 is 6.58. The van der Waals surface area contributed by atoms with Crippen molar-refractivity contribution in [2.75, 3.05) is 32.1 Å². The molecule has 2 rings (SSSR count). The zero-order valence-electron chi connectivity index (χ0n) is 9.32. The highest BCUT2D eigenvalue weighted by Crippen LogP contribution is 2.07. The molecule has 0 saturated carbocycles. The molecule has 1 unspecified atom stereocenters. The van der Waals surface area contributed by atoms with Crippen molar-refractivity contribution in [1.82, 2.24) is 19.9 Å². The van der Waals surface area contributed by atoms with Crippen molar-refractivity contribution < 1.29 is 14.6 Å². The Kier molecular flexibility index (Phi) is 3.55. The summed E-state index contributed by atoms with van der Waals surface area (Å²) in [6, 6.07) is -0.280. The van der Waals surface area contributed by atoms with Gasteiger partial charge in [-0.2, -0.15) is 0 Å². The van der Waals surface area contributed by atoms with Gasteiger partial charge < -0.3 is 20.5 Å². The fraction of sp³-hybridized carbons (Fsp3) is 0.667. The summed E-state index contributed by atoms with van der Waals surface area (Å²) in [5.74, 6) is 0.149. The molecule has 1 aromatic heterocycles. The lowest BCUT2D eigenvalue weighted by Crippen LogP contribution is -2.51. The van der Waals surface area contributed by atoms with Crippen molar-refractivity contribution in [2.45, 2.75) is 12.6 Å². The van der Waals surface area contributed by atoms with Crippen LogP contribution in [0.5, 0.6) is 0 Å². The quantitative estimate of drug-likeness (QED) is 0.639. The van der Waals surface area contributed by atoms with Crippen LogP contribution in [0.4, 0.5) is 5.82 Å². The Balaban J connectivity index is 1.98. The molecule has 17 heavy (non-hydrogen) atoms. The standard InChI is InChI=1S/C9H15N5O3/c10-8-3-13(12-11-8)4-9(16)14-1-2-17-6-7(14)5-15/h3,7,15H,1-2,4-6,10H2. The Bertz CT molecular complexity index is 394. The molecule has 1 amide bonds. The number of nitrogens with two attached hydrogens (primary N) is 1. The molecule has 1 fully saturated rings. The summed E-state index contributed by atoms with van der Waals surface area (Å²) in [7, 11) is 0. The van der Waals surface area contributed by atoms with Gasteiger partial charge in [0.2, 0.25) is 5.91 Å². The number of aliphatic hydroxyl groups excluding tert-OH is 1. The summed E-state index contributed by atoms with van der Waals surface area (Å²) >= 11 is 0. The van der Waals surface area contributed by atoms with Crippen molar-refractivity contribution in [2.24, 2.45) is 0 Å². The van der Waals surface area contributed by atoms with Crippen LogP contribution in [0, 0.1) is 0 Å². The van der Waals surface area contributed by atoms with Crippen LogP contribution in [0.25, 0.3) is 0 Å². The van der Waals surface area contributed by atoms with Gasteiger partial charge in [-0.05, 0) is 0 Å². The number of hydrogen-bond acceptors (Lipinski definition) is 6. The SMILES string of the molecule is Nc1cn(CC(=O)N2CCOCC2CO)nn1. The Hall–Kier alpha value is -1.67. The molecule has 8 heteroatoms. The van der Waals surface area contributed by atoms with E-state index in [0.29, 0.717) is 19.8 Å². The molecule has 0 bridgehead atoms. The zero-order valence-corrected chi connectivity index (χ0v) is 9.32. The monoisotopic (exact) mass is 241 g/mol. The van der Waals surface area contributed by atoms with Crippen LogP contribution in [0.1, 0.15) is 0 Å². The summed E-state index contributed by atoms with van der Waals surface area (Å²) in [5.41, 5.74) is 5.41. The molecule has 0 aromatic carbocycles. The molecule has 2 heterocycles. The van der Waals surface area contributed by atoms with E-state index in [1.54, 1.807) is 4.90 Å². The van der Waals surface area contributed by atoms with E-state index in [1.807, 2.05) is 0 Å². The summed E-state index contributed by atoms with van der Waals surface area (Å²) in [5, 5.41) is 16.5. The number of morpholine rings is 1. The average molecular weight is 241 g/mol. The number of hydrogen-bond donors (Lipinski definition) is 2. The number of aromatic nitrogens is 3. The van der Waals surface area contributed by atoms with Crippen LogP contribution in [0.15, 0.2) is 6.20 Å². The predicted octanol–water partition coefficient (Wildman–Crippen LogP) is -1.92. The van der Waals surface area contributed by atoms with Gasteiger partial charge in [0.1, 0.15) is 6.54 Å². The van der Waals surface area contributed by atoms with E-state index in [2.05, 4.69) is 10.3 Å². The molecule has 94 valence electrons. The van der Waals surface area contributed by atoms with Crippen molar-refractivity contribution in [3.05, 3.63) is 6.20 Å².